The second-order valence-electron chi connectivity index (χ2n) is 14.1. The van der Waals surface area contributed by atoms with Crippen LogP contribution in [0.1, 0.15) is 6.92 Å². The fourth-order valence-corrected chi connectivity index (χ4v) is 8.48. The van der Waals surface area contributed by atoms with Crippen molar-refractivity contribution in [3.63, 3.8) is 0 Å². The van der Waals surface area contributed by atoms with Crippen molar-refractivity contribution in [2.75, 3.05) is 27.4 Å². The van der Waals surface area contributed by atoms with Crippen molar-refractivity contribution in [2.45, 2.75) is 130 Å². The quantitative estimate of drug-likeness (QED) is 0.0243. The average Bonchev–Trinajstić information content (AvgIpc) is 3.19. The van der Waals surface area contributed by atoms with Gasteiger partial charge in [0.05, 0.1) is 25.2 Å². The molecule has 35 nitrogen and oxygen atoms in total. The van der Waals surface area contributed by atoms with E-state index in [-0.39, 0.29) is 0 Å². The number of nitrogens with one attached hydrogen (secondary N) is 2. The van der Waals surface area contributed by atoms with Crippen molar-refractivity contribution in [2.24, 2.45) is 0 Å². The topological polar surface area (TPSA) is 537 Å². The molecule has 66 heavy (non-hydrogen) atoms. The summed E-state index contributed by atoms with van der Waals surface area (Å²) < 4.78 is 163. The minimum Gasteiger partial charge on any atom is -0.735 e. The molecule has 0 saturated carbocycles. The van der Waals surface area contributed by atoms with E-state index in [1.807, 2.05) is 5.32 Å². The number of ether oxygens (including phenoxy) is 9. The third kappa shape index (κ3) is 14.0. The van der Waals surface area contributed by atoms with Crippen molar-refractivity contribution in [3.05, 3.63) is 0 Å². The van der Waals surface area contributed by atoms with Gasteiger partial charge < -0.3 is 112 Å². The lowest BCUT2D eigenvalue weighted by molar-refractivity contribution is -0.807. The molecule has 4 rings (SSSR count). The number of hydrogen-bond donors (Lipinski definition) is 7. The molecule has 38 heteroatoms. The zero-order valence-corrected chi connectivity index (χ0v) is 35.8. The summed E-state index contributed by atoms with van der Waals surface area (Å²) in [6.45, 7) is -1.97. The van der Waals surface area contributed by atoms with Gasteiger partial charge in [0.1, 0.15) is 91.4 Å². The largest absolute Gasteiger partial charge is 0.735 e. The first-order valence-corrected chi connectivity index (χ1v) is 22.2. The Hall–Kier alpha value is -2.66. The highest BCUT2D eigenvalue weighted by molar-refractivity contribution is 7.83. The zero-order chi connectivity index (χ0) is 49.8. The van der Waals surface area contributed by atoms with Gasteiger partial charge in [-0.25, -0.2) is 34.9 Å². The number of methoxy groups -OCH3 is 2. The molecule has 1 amide bonds. The highest BCUT2D eigenvalue weighted by Gasteiger charge is 2.58. The molecule has 0 radical (unpaired) electrons. The van der Waals surface area contributed by atoms with Crippen molar-refractivity contribution in [3.8, 4) is 0 Å². The third-order valence-corrected chi connectivity index (χ3v) is 11.3. The second-order valence-corrected chi connectivity index (χ2v) is 17.3. The van der Waals surface area contributed by atoms with Gasteiger partial charge in [-0.2, -0.15) is 0 Å². The molecule has 0 bridgehead atoms. The van der Waals surface area contributed by atoms with Gasteiger partial charge in [0.25, 0.3) is 0 Å². The van der Waals surface area contributed by atoms with Crippen LogP contribution >= 0.6 is 0 Å². The van der Waals surface area contributed by atoms with Gasteiger partial charge in [0.15, 0.2) is 41.6 Å². The van der Waals surface area contributed by atoms with Crippen LogP contribution in [-0.2, 0) is 106 Å². The van der Waals surface area contributed by atoms with E-state index in [4.69, 9.17) is 42.6 Å². The normalized spacial score (nSPS) is 40.4. The maximum Gasteiger partial charge on any atom is 0.218 e. The van der Waals surface area contributed by atoms with E-state index >= 15 is 0 Å². The Morgan fingerprint density at radius 3 is 1.68 bits per heavy atom. The number of carbonyl (C=O) groups excluding carboxylic acids is 3. The van der Waals surface area contributed by atoms with Gasteiger partial charge in [-0.1, -0.05) is 0 Å². The molecule has 0 spiro atoms. The first-order chi connectivity index (χ1) is 30.6. The maximum absolute atomic E-state index is 12.6. The molecule has 4 heterocycles. The van der Waals surface area contributed by atoms with Crippen molar-refractivity contribution in [1.82, 2.24) is 10.0 Å². The zero-order valence-electron chi connectivity index (χ0n) is 33.4. The SMILES string of the molecule is COC1OC(CO)C(OC2OC(C(=O)[O-])C(OC3OC(COS(=O)(=O)[O-])C(OC4OC(C(=O)[O-])C(OC)C(O)C4O)C(O)C3NC(C)=O)C(O)C2OS(=O)(=O)[O-])C(OO[O-])C1NS(=O)(=O)[O-]. The van der Waals surface area contributed by atoms with Gasteiger partial charge in [0, 0.05) is 21.1 Å². The van der Waals surface area contributed by atoms with E-state index in [9.17, 15) is 94.3 Å². The van der Waals surface area contributed by atoms with Crippen LogP contribution in [0.3, 0.4) is 0 Å². The third-order valence-electron chi connectivity index (χ3n) is 9.81. The maximum atomic E-state index is 12.6. The summed E-state index contributed by atoms with van der Waals surface area (Å²) >= 11 is 0. The number of carboxylic acid groups (broad SMARTS) is 2. The van der Waals surface area contributed by atoms with Crippen LogP contribution in [0.25, 0.3) is 0 Å². The van der Waals surface area contributed by atoms with Gasteiger partial charge in [0.2, 0.25) is 26.7 Å². The van der Waals surface area contributed by atoms with Crippen molar-refractivity contribution >= 4 is 48.9 Å². The molecule has 4 aliphatic rings. The first-order valence-electron chi connectivity index (χ1n) is 18.1. The molecule has 4 fully saturated rings. The monoisotopic (exact) mass is 1030 g/mol. The number of aliphatic hydroxyl groups excluding tert-OH is 5. The highest BCUT2D eigenvalue weighted by atomic mass is 32.3. The molecule has 7 N–H and O–H groups in total. The number of hydrogen-bond acceptors (Lipinski definition) is 33. The minimum absolute atomic E-state index is 0.789. The van der Waals surface area contributed by atoms with Crippen LogP contribution in [-0.4, -0.2) is 232 Å². The van der Waals surface area contributed by atoms with Crippen LogP contribution in [0, 0.1) is 0 Å². The molecule has 4 saturated heterocycles. The van der Waals surface area contributed by atoms with E-state index in [0.29, 0.717) is 0 Å². The van der Waals surface area contributed by atoms with Gasteiger partial charge in [-0.3, -0.25) is 18.2 Å². The van der Waals surface area contributed by atoms with E-state index in [2.05, 4.69) is 18.3 Å². The minimum atomic E-state index is -6.10. The molecule has 4 aliphatic heterocycles. The Balaban J connectivity index is 1.75. The molecule has 0 aliphatic carbocycles. The molecular formula is C28H40N2O33S3-6. The van der Waals surface area contributed by atoms with E-state index < -0.39 is 185 Å². The summed E-state index contributed by atoms with van der Waals surface area (Å²) in [6, 6.07) is -4.38. The summed E-state index contributed by atoms with van der Waals surface area (Å²) in [5.74, 6) is -5.59. The predicted octanol–water partition coefficient (Wildman–Crippen LogP) is -13.5. The van der Waals surface area contributed by atoms with Crippen LogP contribution in [0.2, 0.25) is 0 Å². The summed E-state index contributed by atoms with van der Waals surface area (Å²) in [7, 11) is -15.6. The van der Waals surface area contributed by atoms with E-state index in [1.165, 1.54) is 4.72 Å². The molecule has 20 unspecified atom stereocenters. The molecule has 20 atom stereocenters. The lowest BCUT2D eigenvalue weighted by Crippen LogP contribution is -2.71. The van der Waals surface area contributed by atoms with Crippen LogP contribution < -0.4 is 25.5 Å². The van der Waals surface area contributed by atoms with Crippen molar-refractivity contribution < 1.29 is 155 Å². The van der Waals surface area contributed by atoms with E-state index in [0.717, 1.165) is 21.1 Å². The second kappa shape index (κ2) is 22.8. The van der Waals surface area contributed by atoms with Gasteiger partial charge in [-0.15, -0.1) is 0 Å². The standard InChI is InChI=1S/C28H46N2O33S3/c1-6(32)29-9-11(33)15(56-27-13(35)12(34)18(51-2)21(59-27)23(37)38)8(5-53-65(45,46)47)55-26(9)58-19-14(36)20(62-66(48,49)50)28(60-22(19)24(39)40)57-16-7(4-31)54-25(52-3)10(17(16)61-63-41)30-64(42,43)44/h7-22,25-28,30-31,33-36,41H,4-5H2,1-3H3,(H,29,32)(H,37,38)(H,39,40)(H,42,43,44)(H,45,46,47)(H,48,49,50)/p-6. The summed E-state index contributed by atoms with van der Waals surface area (Å²) in [5, 5.41) is 95.4. The molecule has 0 aromatic heterocycles. The fraction of sp³-hybridized carbons (Fsp3) is 0.893. The van der Waals surface area contributed by atoms with Crippen LogP contribution in [0.15, 0.2) is 0 Å². The molecular weight excluding hydrogens is 988 g/mol. The van der Waals surface area contributed by atoms with E-state index in [1.54, 1.807) is 0 Å². The lowest BCUT2D eigenvalue weighted by atomic mass is 9.94. The average molecular weight is 1030 g/mol. The van der Waals surface area contributed by atoms with Crippen LogP contribution in [0.4, 0.5) is 0 Å². The Morgan fingerprint density at radius 1 is 0.621 bits per heavy atom. The van der Waals surface area contributed by atoms with Gasteiger partial charge in [-0.05, 0) is 0 Å². The number of amides is 1. The Labute approximate surface area is 370 Å². The summed E-state index contributed by atoms with van der Waals surface area (Å²) in [5.41, 5.74) is 0. The number of rotatable bonds is 21. The Kier molecular flexibility index (Phi) is 19.4. The Morgan fingerprint density at radius 2 is 1.18 bits per heavy atom. The Bertz CT molecular complexity index is 2000. The predicted molar refractivity (Wildman–Crippen MR) is 179 cm³/mol. The fourth-order valence-electron chi connectivity index (χ4n) is 7.13. The lowest BCUT2D eigenvalue weighted by Gasteiger charge is -2.51. The molecule has 0 aromatic carbocycles. The highest BCUT2D eigenvalue weighted by Crippen LogP contribution is 2.36. The molecule has 384 valence electrons. The van der Waals surface area contributed by atoms with Crippen LogP contribution in [0.5, 0.6) is 0 Å². The number of aliphatic carboxylic acids is 2. The summed E-state index contributed by atoms with van der Waals surface area (Å²) in [4.78, 5) is 41.3. The number of carboxylic acids is 2. The number of carbonyl (C=O) groups is 3. The summed E-state index contributed by atoms with van der Waals surface area (Å²) in [6.07, 6.45) is -43.1. The smallest absolute Gasteiger partial charge is 0.218 e. The first kappa shape index (κ1) is 55.9. The van der Waals surface area contributed by atoms with Crippen molar-refractivity contribution in [1.29, 1.82) is 0 Å². The number of aliphatic hydroxyl groups is 5. The van der Waals surface area contributed by atoms with Gasteiger partial charge >= 0.3 is 0 Å². The molecule has 0 aromatic rings.